The molecule has 7 rings (SSSR count). The molecule has 7 atom stereocenters. The first-order valence-electron chi connectivity index (χ1n) is 23.6. The molecule has 2 aromatic rings. The molecule has 334 valence electrons. The number of nitrogens with zero attached hydrogens (tertiary/aromatic N) is 3. The van der Waals surface area contributed by atoms with Crippen LogP contribution >= 0.6 is 0 Å². The smallest absolute Gasteiger partial charge is 0.239 e. The number of amides is 1. The molecule has 2 N–H and O–H groups in total. The number of hydrogen-bond donors (Lipinski definition) is 2. The maximum Gasteiger partial charge on any atom is 0.239 e. The zero-order chi connectivity index (χ0) is 42.6. The largest absolute Gasteiger partial charge is 0.487 e. The van der Waals surface area contributed by atoms with Crippen molar-refractivity contribution >= 4 is 11.6 Å². The van der Waals surface area contributed by atoms with Gasteiger partial charge in [-0.25, -0.2) is 0 Å². The van der Waals surface area contributed by atoms with Gasteiger partial charge in [-0.3, -0.25) is 9.78 Å². The second kappa shape index (κ2) is 22.0. The third-order valence-electron chi connectivity index (χ3n) is 13.8. The van der Waals surface area contributed by atoms with E-state index in [4.69, 9.17) is 28.9 Å². The summed E-state index contributed by atoms with van der Waals surface area (Å²) < 4.78 is 27.1. The van der Waals surface area contributed by atoms with Gasteiger partial charge in [-0.05, 0) is 112 Å². The lowest BCUT2D eigenvalue weighted by Gasteiger charge is -2.60. The number of aliphatic hydroxyl groups is 2. The molecule has 1 saturated heterocycles. The molecule has 2 saturated carbocycles. The summed E-state index contributed by atoms with van der Waals surface area (Å²) in [7, 11) is 0. The summed E-state index contributed by atoms with van der Waals surface area (Å²) in [5.41, 5.74) is 4.67. The number of allylic oxidation sites excluding steroid dienone is 1. The molecule has 0 spiro atoms. The van der Waals surface area contributed by atoms with E-state index in [2.05, 4.69) is 35.5 Å². The topological polar surface area (TPSA) is 132 Å². The Hall–Kier alpha value is -3.77. The number of aliphatic hydroxyl groups excluding tert-OH is 2. The number of carbonyl (C=O) groups is 1. The highest BCUT2D eigenvalue weighted by Crippen LogP contribution is 2.62. The lowest BCUT2D eigenvalue weighted by Crippen LogP contribution is -2.70. The molecule has 5 aliphatic rings. The number of aromatic nitrogens is 1. The van der Waals surface area contributed by atoms with E-state index < -0.39 is 18.1 Å². The molecule has 0 radical (unpaired) electrons. The molecule has 1 aromatic heterocycles. The van der Waals surface area contributed by atoms with Gasteiger partial charge in [-0.2, -0.15) is 0 Å². The summed E-state index contributed by atoms with van der Waals surface area (Å²) in [5, 5.41) is 25.0. The van der Waals surface area contributed by atoms with Crippen LogP contribution in [0.15, 0.2) is 65.9 Å². The van der Waals surface area contributed by atoms with Gasteiger partial charge in [0.2, 0.25) is 18.0 Å². The van der Waals surface area contributed by atoms with Crippen molar-refractivity contribution in [2.75, 3.05) is 33.0 Å². The highest BCUT2D eigenvalue weighted by Gasteiger charge is 2.65. The van der Waals surface area contributed by atoms with Gasteiger partial charge in [0, 0.05) is 56.2 Å². The summed E-state index contributed by atoms with van der Waals surface area (Å²) in [6.07, 6.45) is 18.8. The first-order chi connectivity index (χ1) is 29.9. The predicted octanol–water partition coefficient (Wildman–Crippen LogP) is 9.34. The maximum absolute atomic E-state index is 14.8. The molecule has 2 aliphatic heterocycles. The van der Waals surface area contributed by atoms with Gasteiger partial charge in [-0.15, -0.1) is 6.58 Å². The molecule has 1 aromatic carbocycles. The average molecular weight is 842 g/mol. The first-order valence-corrected chi connectivity index (χ1v) is 23.6. The van der Waals surface area contributed by atoms with Crippen molar-refractivity contribution in [3.63, 3.8) is 0 Å². The van der Waals surface area contributed by atoms with E-state index in [0.717, 1.165) is 97.5 Å². The quantitative estimate of drug-likeness (QED) is 0.0677. The van der Waals surface area contributed by atoms with Crippen molar-refractivity contribution in [1.29, 1.82) is 0 Å². The van der Waals surface area contributed by atoms with Gasteiger partial charge < -0.3 is 38.9 Å². The fraction of sp³-hybridized carbons (Fsp3) is 0.660. The Kier molecular flexibility index (Phi) is 16.3. The van der Waals surface area contributed by atoms with Crippen molar-refractivity contribution in [2.45, 2.75) is 154 Å². The zero-order valence-corrected chi connectivity index (χ0v) is 36.8. The second-order valence-electron chi connectivity index (χ2n) is 18.0. The molecular weight excluding hydrogens is 771 g/mol. The Bertz CT molecular complexity index is 1800. The Morgan fingerprint density at radius 3 is 2.57 bits per heavy atom. The number of aryl methyl sites for hydroxylation is 1. The van der Waals surface area contributed by atoms with Crippen molar-refractivity contribution in [1.82, 2.24) is 9.88 Å². The molecule has 7 unspecified atom stereocenters. The second-order valence-corrected chi connectivity index (χ2v) is 18.0. The Morgan fingerprint density at radius 2 is 1.84 bits per heavy atom. The van der Waals surface area contributed by atoms with Crippen molar-refractivity contribution in [3.8, 4) is 11.5 Å². The van der Waals surface area contributed by atoms with Crippen LogP contribution in [0.4, 0.5) is 0 Å². The molecule has 11 nitrogen and oxygen atoms in total. The molecule has 3 heterocycles. The van der Waals surface area contributed by atoms with E-state index in [0.29, 0.717) is 51.4 Å². The molecule has 11 heteroatoms. The van der Waals surface area contributed by atoms with Crippen LogP contribution in [0.5, 0.6) is 11.5 Å². The van der Waals surface area contributed by atoms with Crippen LogP contribution in [0, 0.1) is 30.6 Å². The molecular formula is C50H71N3O8. The number of oxime groups is 1. The van der Waals surface area contributed by atoms with Gasteiger partial charge in [0.05, 0.1) is 30.5 Å². The number of rotatable bonds is 22. The minimum atomic E-state index is -1.27. The van der Waals surface area contributed by atoms with Crippen molar-refractivity contribution in [3.05, 3.63) is 77.7 Å². The predicted molar refractivity (Wildman–Crippen MR) is 236 cm³/mol. The Labute approximate surface area is 363 Å². The van der Waals surface area contributed by atoms with E-state index in [9.17, 15) is 15.0 Å². The molecule has 3 fully saturated rings. The number of ether oxygens (including phenoxy) is 4. The first kappa shape index (κ1) is 45.3. The van der Waals surface area contributed by atoms with E-state index in [-0.39, 0.29) is 49.4 Å². The molecule has 61 heavy (non-hydrogen) atoms. The fourth-order valence-electron chi connectivity index (χ4n) is 11.0. The molecule has 3 aliphatic carbocycles. The van der Waals surface area contributed by atoms with Gasteiger partial charge in [-0.1, -0.05) is 68.8 Å². The van der Waals surface area contributed by atoms with Crippen LogP contribution < -0.4 is 9.47 Å². The van der Waals surface area contributed by atoms with Crippen LogP contribution in [0.2, 0.25) is 0 Å². The van der Waals surface area contributed by atoms with Crippen LogP contribution in [0.1, 0.15) is 139 Å². The van der Waals surface area contributed by atoms with E-state index in [1.165, 1.54) is 25.7 Å². The lowest BCUT2D eigenvalue weighted by molar-refractivity contribution is -0.257. The fourth-order valence-corrected chi connectivity index (χ4v) is 11.0. The van der Waals surface area contributed by atoms with Crippen molar-refractivity contribution in [2.24, 2.45) is 28.8 Å². The van der Waals surface area contributed by atoms with Gasteiger partial charge in [0.25, 0.3) is 0 Å². The van der Waals surface area contributed by atoms with Gasteiger partial charge in [0.15, 0.2) is 0 Å². The number of pyridine rings is 1. The summed E-state index contributed by atoms with van der Waals surface area (Å²) in [5.74, 6) is 0.666. The molecule has 0 bridgehead atoms. The normalized spacial score (nSPS) is 27.7. The SMILES string of the molecule is C=CCOC12Oc3ccc(OCc4cccc(C)n4)cc3C3C(CCCCO)C(CCCCO)C=C(C(=NOC4CCCCO4)CC1N(CCC)C(=O)CCC1CCCC1)C32. The standard InChI is InChI=1S/C50H71N3O8/c1-4-26-53(46(56)25-22-36-16-6-7-17-36)45-33-43(52-61-47-21-10-13-30-57-47)41-31-37(18-8-11-27-54)40(20-9-12-28-55)48-42-32-39(58-34-38-19-14-15-35(3)51-38)23-24-44(42)60-50(45,49(41)48)59-29-5-2/h5,14-15,19,23-24,31-32,36-37,40,45,47-49,54-55H,2,4,6-13,16-18,20-22,25-30,33-34H2,1,3H3. The Balaban J connectivity index is 1.38. The summed E-state index contributed by atoms with van der Waals surface area (Å²) in [4.78, 5) is 27.9. The van der Waals surface area contributed by atoms with Crippen LogP contribution in [-0.4, -0.2) is 82.8 Å². The summed E-state index contributed by atoms with van der Waals surface area (Å²) in [6.45, 7) is 10.2. The lowest BCUT2D eigenvalue weighted by atomic mass is 9.55. The van der Waals surface area contributed by atoms with Crippen LogP contribution in [0.25, 0.3) is 0 Å². The highest BCUT2D eigenvalue weighted by molar-refractivity contribution is 6.03. The average Bonchev–Trinajstić information content (AvgIpc) is 3.81. The van der Waals surface area contributed by atoms with Crippen molar-refractivity contribution < 1.29 is 38.8 Å². The van der Waals surface area contributed by atoms with Gasteiger partial charge in [0.1, 0.15) is 24.1 Å². The monoisotopic (exact) mass is 842 g/mol. The maximum atomic E-state index is 14.8. The highest BCUT2D eigenvalue weighted by atomic mass is 16.8. The summed E-state index contributed by atoms with van der Waals surface area (Å²) >= 11 is 0. The number of fused-ring (bicyclic) bond motifs is 2. The minimum absolute atomic E-state index is 0.122. The number of hydrogen-bond acceptors (Lipinski definition) is 10. The van der Waals surface area contributed by atoms with E-state index >= 15 is 0 Å². The number of unbranched alkanes of at least 4 members (excludes halogenated alkanes) is 2. The minimum Gasteiger partial charge on any atom is -0.487 e. The number of carbonyl (C=O) groups excluding carboxylic acids is 1. The Morgan fingerprint density at radius 1 is 1.03 bits per heavy atom. The third-order valence-corrected chi connectivity index (χ3v) is 13.8. The summed E-state index contributed by atoms with van der Waals surface area (Å²) in [6, 6.07) is 11.6. The third kappa shape index (κ3) is 10.7. The van der Waals surface area contributed by atoms with Crippen LogP contribution in [0.3, 0.4) is 0 Å². The van der Waals surface area contributed by atoms with E-state index in [1.54, 1.807) is 6.08 Å². The van der Waals surface area contributed by atoms with E-state index in [1.807, 2.05) is 37.3 Å². The number of benzene rings is 1. The van der Waals surface area contributed by atoms with Gasteiger partial charge >= 0.3 is 0 Å². The molecule has 1 amide bonds. The zero-order valence-electron chi connectivity index (χ0n) is 36.8. The van der Waals surface area contributed by atoms with Crippen LogP contribution in [-0.2, 0) is 25.7 Å².